The molecule has 0 fully saturated rings. The van der Waals surface area contributed by atoms with Crippen LogP contribution in [0.2, 0.25) is 10.0 Å². The number of hydrogen-bond donors (Lipinski definition) is 0. The van der Waals surface area contributed by atoms with Crippen LogP contribution in [-0.2, 0) is 14.3 Å². The third-order valence-corrected chi connectivity index (χ3v) is 3.67. The highest BCUT2D eigenvalue weighted by molar-refractivity contribution is 7.87. The van der Waals surface area contributed by atoms with Gasteiger partial charge in [-0.1, -0.05) is 23.2 Å². The number of rotatable bonds is 3. The standard InChI is InChI=1S/C9H10Cl2O3S/c1-6(2)14-15(12,13)9-5-7(10)3-4-8(9)11/h3-6H,1-2H3. The summed E-state index contributed by atoms with van der Waals surface area (Å²) in [7, 11) is -3.83. The second kappa shape index (κ2) is 4.70. The Bertz CT molecular complexity index is 454. The molecule has 0 spiro atoms. The van der Waals surface area contributed by atoms with E-state index in [0.29, 0.717) is 5.02 Å². The lowest BCUT2D eigenvalue weighted by atomic mass is 10.4. The maximum absolute atomic E-state index is 11.7. The Morgan fingerprint density at radius 3 is 2.40 bits per heavy atom. The zero-order chi connectivity index (χ0) is 11.6. The van der Waals surface area contributed by atoms with Crippen molar-refractivity contribution in [3.8, 4) is 0 Å². The van der Waals surface area contributed by atoms with Crippen LogP contribution in [0.15, 0.2) is 23.1 Å². The van der Waals surface area contributed by atoms with Crippen LogP contribution in [0.1, 0.15) is 13.8 Å². The highest BCUT2D eigenvalue weighted by atomic mass is 35.5. The predicted molar refractivity (Wildman–Crippen MR) is 59.9 cm³/mol. The Morgan fingerprint density at radius 1 is 1.27 bits per heavy atom. The van der Waals surface area contributed by atoms with Crippen molar-refractivity contribution in [3.63, 3.8) is 0 Å². The highest BCUT2D eigenvalue weighted by Crippen LogP contribution is 2.26. The Labute approximate surface area is 99.1 Å². The molecule has 0 unspecified atom stereocenters. The zero-order valence-electron chi connectivity index (χ0n) is 8.20. The molecule has 0 amide bonds. The van der Waals surface area contributed by atoms with Crippen molar-refractivity contribution >= 4 is 33.3 Å². The summed E-state index contributed by atoms with van der Waals surface area (Å²) in [5, 5.41) is 0.394. The van der Waals surface area contributed by atoms with Gasteiger partial charge in [0, 0.05) is 5.02 Å². The second-order valence-electron chi connectivity index (χ2n) is 3.17. The Morgan fingerprint density at radius 2 is 1.87 bits per heavy atom. The highest BCUT2D eigenvalue weighted by Gasteiger charge is 2.20. The van der Waals surface area contributed by atoms with Crippen LogP contribution >= 0.6 is 23.2 Å². The van der Waals surface area contributed by atoms with E-state index in [-0.39, 0.29) is 9.92 Å². The van der Waals surface area contributed by atoms with Crippen LogP contribution in [0.3, 0.4) is 0 Å². The fourth-order valence-electron chi connectivity index (χ4n) is 0.974. The molecule has 3 nitrogen and oxygen atoms in total. The molecule has 0 aliphatic carbocycles. The minimum absolute atomic E-state index is 0.0973. The van der Waals surface area contributed by atoms with Crippen LogP contribution in [0.4, 0.5) is 0 Å². The maximum Gasteiger partial charge on any atom is 0.298 e. The van der Waals surface area contributed by atoms with Gasteiger partial charge in [-0.05, 0) is 32.0 Å². The lowest BCUT2D eigenvalue weighted by Crippen LogP contribution is -2.12. The summed E-state index contributed by atoms with van der Waals surface area (Å²) >= 11 is 11.4. The Balaban J connectivity index is 3.21. The summed E-state index contributed by atoms with van der Waals surface area (Å²) in [6.45, 7) is 3.24. The first-order valence-electron chi connectivity index (χ1n) is 4.21. The third-order valence-electron chi connectivity index (χ3n) is 1.48. The smallest absolute Gasteiger partial charge is 0.264 e. The van der Waals surface area contributed by atoms with Crippen molar-refractivity contribution in [2.24, 2.45) is 0 Å². The van der Waals surface area contributed by atoms with Gasteiger partial charge in [-0.3, -0.25) is 4.18 Å². The minimum atomic E-state index is -3.83. The molecule has 0 atom stereocenters. The topological polar surface area (TPSA) is 43.4 Å². The van der Waals surface area contributed by atoms with Gasteiger partial charge in [0.15, 0.2) is 0 Å². The third kappa shape index (κ3) is 3.34. The monoisotopic (exact) mass is 268 g/mol. The van der Waals surface area contributed by atoms with Gasteiger partial charge in [-0.15, -0.1) is 0 Å². The van der Waals surface area contributed by atoms with Gasteiger partial charge in [-0.2, -0.15) is 8.42 Å². The lowest BCUT2D eigenvalue weighted by Gasteiger charge is -2.09. The Kier molecular flexibility index (Phi) is 4.00. The molecule has 1 rings (SSSR count). The van der Waals surface area contributed by atoms with Crippen LogP contribution in [-0.4, -0.2) is 14.5 Å². The van der Waals surface area contributed by atoms with Gasteiger partial charge in [0.25, 0.3) is 10.1 Å². The largest absolute Gasteiger partial charge is 0.298 e. The van der Waals surface area contributed by atoms with Crippen molar-refractivity contribution in [1.82, 2.24) is 0 Å². The average molecular weight is 269 g/mol. The van der Waals surface area contributed by atoms with E-state index < -0.39 is 16.2 Å². The number of halogens is 2. The first-order chi connectivity index (χ1) is 6.83. The molecule has 84 valence electrons. The van der Waals surface area contributed by atoms with Crippen molar-refractivity contribution in [3.05, 3.63) is 28.2 Å². The summed E-state index contributed by atoms with van der Waals surface area (Å²) in [4.78, 5) is -0.106. The molecule has 0 bridgehead atoms. The van der Waals surface area contributed by atoms with E-state index in [1.807, 2.05) is 0 Å². The van der Waals surface area contributed by atoms with Crippen molar-refractivity contribution < 1.29 is 12.6 Å². The summed E-state index contributed by atoms with van der Waals surface area (Å²) in [5.74, 6) is 0. The molecule has 0 aliphatic rings. The minimum Gasteiger partial charge on any atom is -0.264 e. The van der Waals surface area contributed by atoms with Gasteiger partial charge >= 0.3 is 0 Å². The molecule has 0 saturated heterocycles. The van der Waals surface area contributed by atoms with E-state index in [9.17, 15) is 8.42 Å². The second-order valence-corrected chi connectivity index (χ2v) is 5.56. The first-order valence-corrected chi connectivity index (χ1v) is 6.37. The van der Waals surface area contributed by atoms with Crippen LogP contribution in [0.25, 0.3) is 0 Å². The van der Waals surface area contributed by atoms with E-state index in [1.54, 1.807) is 13.8 Å². The molecule has 0 saturated carbocycles. The van der Waals surface area contributed by atoms with Crippen molar-refractivity contribution in [1.29, 1.82) is 0 Å². The molecule has 1 aromatic rings. The van der Waals surface area contributed by atoms with Crippen molar-refractivity contribution in [2.75, 3.05) is 0 Å². The first kappa shape index (κ1) is 12.8. The molecule has 0 heterocycles. The van der Waals surface area contributed by atoms with Gasteiger partial charge in [0.05, 0.1) is 11.1 Å². The van der Waals surface area contributed by atoms with Crippen LogP contribution in [0.5, 0.6) is 0 Å². The van der Waals surface area contributed by atoms with Crippen LogP contribution in [0, 0.1) is 0 Å². The van der Waals surface area contributed by atoms with E-state index >= 15 is 0 Å². The zero-order valence-corrected chi connectivity index (χ0v) is 10.5. The fraction of sp³-hybridized carbons (Fsp3) is 0.333. The molecule has 6 heteroatoms. The summed E-state index contributed by atoms with van der Waals surface area (Å²) < 4.78 is 28.1. The quantitative estimate of drug-likeness (QED) is 0.792. The Hall–Kier alpha value is -0.290. The molecule has 0 aromatic heterocycles. The van der Waals surface area contributed by atoms with Gasteiger partial charge < -0.3 is 0 Å². The summed E-state index contributed by atoms with van der Waals surface area (Å²) in [6, 6.07) is 4.19. The van der Waals surface area contributed by atoms with E-state index in [1.165, 1.54) is 18.2 Å². The van der Waals surface area contributed by atoms with E-state index in [0.717, 1.165) is 0 Å². The maximum atomic E-state index is 11.7. The van der Waals surface area contributed by atoms with E-state index in [2.05, 4.69) is 0 Å². The summed E-state index contributed by atoms with van der Waals surface area (Å²) in [6.07, 6.45) is -0.440. The molecular formula is C9H10Cl2O3S. The predicted octanol–water partition coefficient (Wildman–Crippen LogP) is 3.11. The van der Waals surface area contributed by atoms with Crippen molar-refractivity contribution in [2.45, 2.75) is 24.8 Å². The number of hydrogen-bond acceptors (Lipinski definition) is 3. The average Bonchev–Trinajstić information content (AvgIpc) is 2.06. The van der Waals surface area contributed by atoms with Gasteiger partial charge in [0.1, 0.15) is 4.90 Å². The SMILES string of the molecule is CC(C)OS(=O)(=O)c1cc(Cl)ccc1Cl. The normalized spacial score (nSPS) is 12.1. The molecule has 0 aliphatic heterocycles. The molecule has 1 aromatic carbocycles. The molecule has 0 N–H and O–H groups in total. The summed E-state index contributed by atoms with van der Waals surface area (Å²) in [5.41, 5.74) is 0. The lowest BCUT2D eigenvalue weighted by molar-refractivity contribution is 0.249. The van der Waals surface area contributed by atoms with Gasteiger partial charge in [-0.25, -0.2) is 0 Å². The number of benzene rings is 1. The molecule has 15 heavy (non-hydrogen) atoms. The van der Waals surface area contributed by atoms with E-state index in [4.69, 9.17) is 27.4 Å². The van der Waals surface area contributed by atoms with Gasteiger partial charge in [0.2, 0.25) is 0 Å². The van der Waals surface area contributed by atoms with Crippen LogP contribution < -0.4 is 0 Å². The fourth-order valence-corrected chi connectivity index (χ4v) is 2.80. The molecule has 0 radical (unpaired) electrons. The molecular weight excluding hydrogens is 259 g/mol.